The minimum absolute atomic E-state index is 0.125. The van der Waals surface area contributed by atoms with Crippen LogP contribution in [0.1, 0.15) is 45.9 Å². The van der Waals surface area contributed by atoms with E-state index in [0.717, 1.165) is 35.1 Å². The van der Waals surface area contributed by atoms with Gasteiger partial charge in [0.2, 0.25) is 0 Å². The molecule has 0 radical (unpaired) electrons. The van der Waals surface area contributed by atoms with E-state index >= 15 is 0 Å². The summed E-state index contributed by atoms with van der Waals surface area (Å²) in [4.78, 5) is 14.6. The van der Waals surface area contributed by atoms with Gasteiger partial charge in [-0.05, 0) is 52.3 Å². The number of benzene rings is 5. The Morgan fingerprint density at radius 3 is 1.55 bits per heavy atom. The third-order valence-electron chi connectivity index (χ3n) is 8.90. The Hall–Kier alpha value is -4.89. The summed E-state index contributed by atoms with van der Waals surface area (Å²) in [5.74, 6) is 1.95. The van der Waals surface area contributed by atoms with Crippen LogP contribution in [0.25, 0.3) is 56.4 Å². The molecule has 1 aromatic heterocycles. The third-order valence-corrected chi connectivity index (χ3v) is 8.90. The van der Waals surface area contributed by atoms with Crippen molar-refractivity contribution in [3.63, 3.8) is 0 Å². The zero-order valence-corrected chi connectivity index (χ0v) is 23.3. The zero-order chi connectivity index (χ0) is 29.7. The Morgan fingerprint density at radius 1 is 0.452 bits per heavy atom. The predicted octanol–water partition coefficient (Wildman–Crippen LogP) is 9.77. The summed E-state index contributed by atoms with van der Waals surface area (Å²) in [5.41, 5.74) is 10.3. The van der Waals surface area contributed by atoms with Gasteiger partial charge in [0.1, 0.15) is 0 Å². The molecule has 1 heterocycles. The van der Waals surface area contributed by atoms with Gasteiger partial charge in [0.15, 0.2) is 17.5 Å². The highest BCUT2D eigenvalue weighted by Gasteiger charge is 2.43. The van der Waals surface area contributed by atoms with Crippen LogP contribution in [0.3, 0.4) is 0 Å². The lowest BCUT2D eigenvalue weighted by Crippen LogP contribution is -2.28. The minimum Gasteiger partial charge on any atom is -0.208 e. The van der Waals surface area contributed by atoms with Crippen LogP contribution in [0.4, 0.5) is 0 Å². The second-order valence-electron chi connectivity index (χ2n) is 11.3. The lowest BCUT2D eigenvalue weighted by molar-refractivity contribution is 0.353. The van der Waals surface area contributed by atoms with E-state index in [1.807, 2.05) is 60.7 Å². The topological polar surface area (TPSA) is 38.7 Å². The van der Waals surface area contributed by atoms with E-state index in [1.165, 1.54) is 27.8 Å². The Labute approximate surface area is 249 Å². The summed E-state index contributed by atoms with van der Waals surface area (Å²) in [5, 5.41) is 0. The molecule has 0 unspecified atom stereocenters. The van der Waals surface area contributed by atoms with Crippen molar-refractivity contribution in [2.24, 2.45) is 0 Å². The molecule has 0 amide bonds. The summed E-state index contributed by atoms with van der Waals surface area (Å²) in [6, 6.07) is 44.1. The molecule has 202 valence electrons. The van der Waals surface area contributed by atoms with Crippen molar-refractivity contribution in [2.75, 3.05) is 0 Å². The van der Waals surface area contributed by atoms with Gasteiger partial charge in [0.05, 0.1) is 0 Å². The maximum Gasteiger partial charge on any atom is 0.164 e. The molecule has 1 spiro atoms. The van der Waals surface area contributed by atoms with Gasteiger partial charge in [0.25, 0.3) is 0 Å². The van der Waals surface area contributed by atoms with Gasteiger partial charge in [0, 0.05) is 24.8 Å². The van der Waals surface area contributed by atoms with E-state index in [1.54, 1.807) is 0 Å². The standard InChI is InChI=1S/C39H31N3/c1-4-12-28(13-5-1)36-40-37(29-14-6-2-7-15-29)42-38(41-36)30-20-18-27(19-21-30)31-22-23-33-32-16-8-9-17-34(32)39(35(33)26-31)24-10-3-11-25-39/h1-2,4-9,12-23,26H,3,10-11,24-25H2/i3D2. The molecule has 0 saturated heterocycles. The third kappa shape index (κ3) is 4.16. The molecular weight excluding hydrogens is 510 g/mol. The first-order chi connectivity index (χ1) is 21.5. The van der Waals surface area contributed by atoms with Crippen LogP contribution in [-0.4, -0.2) is 15.0 Å². The first-order valence-electron chi connectivity index (χ1n) is 15.7. The smallest absolute Gasteiger partial charge is 0.164 e. The fraction of sp³-hybridized carbons (Fsp3) is 0.154. The molecule has 0 aliphatic heterocycles. The predicted molar refractivity (Wildman–Crippen MR) is 171 cm³/mol. The van der Waals surface area contributed by atoms with Gasteiger partial charge < -0.3 is 0 Å². The van der Waals surface area contributed by atoms with E-state index < -0.39 is 6.37 Å². The van der Waals surface area contributed by atoms with Crippen LogP contribution < -0.4 is 0 Å². The Bertz CT molecular complexity index is 1920. The van der Waals surface area contributed by atoms with E-state index in [9.17, 15) is 0 Å². The Kier molecular flexibility index (Phi) is 5.52. The van der Waals surface area contributed by atoms with Crippen LogP contribution in [0.5, 0.6) is 0 Å². The summed E-state index contributed by atoms with van der Waals surface area (Å²) in [7, 11) is 0. The van der Waals surface area contributed by atoms with E-state index in [4.69, 9.17) is 17.7 Å². The average Bonchev–Trinajstić information content (AvgIpc) is 3.35. The van der Waals surface area contributed by atoms with Crippen LogP contribution in [0, 0.1) is 0 Å². The number of fused-ring (bicyclic) bond motifs is 5. The number of aromatic nitrogens is 3. The van der Waals surface area contributed by atoms with Gasteiger partial charge in [-0.2, -0.15) is 0 Å². The van der Waals surface area contributed by atoms with Crippen molar-refractivity contribution in [3.8, 4) is 56.4 Å². The van der Waals surface area contributed by atoms with Crippen molar-refractivity contribution in [1.82, 2.24) is 15.0 Å². The molecule has 5 aromatic carbocycles. The molecule has 3 heteroatoms. The van der Waals surface area contributed by atoms with E-state index in [0.29, 0.717) is 30.3 Å². The lowest BCUT2D eigenvalue weighted by atomic mass is 9.67. The Morgan fingerprint density at radius 2 is 0.929 bits per heavy atom. The van der Waals surface area contributed by atoms with Gasteiger partial charge >= 0.3 is 0 Å². The van der Waals surface area contributed by atoms with Gasteiger partial charge in [-0.3, -0.25) is 0 Å². The van der Waals surface area contributed by atoms with Crippen molar-refractivity contribution in [3.05, 3.63) is 139 Å². The van der Waals surface area contributed by atoms with Gasteiger partial charge in [-0.1, -0.05) is 141 Å². The molecule has 0 atom stereocenters. The molecule has 2 aliphatic rings. The van der Waals surface area contributed by atoms with Crippen molar-refractivity contribution < 1.29 is 2.74 Å². The summed E-state index contributed by atoms with van der Waals surface area (Å²) in [6.45, 7) is 0. The second kappa shape index (κ2) is 10.2. The van der Waals surface area contributed by atoms with Crippen LogP contribution in [-0.2, 0) is 5.41 Å². The molecular formula is C39H31N3. The first-order valence-corrected chi connectivity index (χ1v) is 14.7. The highest BCUT2D eigenvalue weighted by Crippen LogP contribution is 2.56. The molecule has 0 bridgehead atoms. The maximum atomic E-state index is 8.39. The highest BCUT2D eigenvalue weighted by atomic mass is 15.0. The second-order valence-corrected chi connectivity index (χ2v) is 11.3. The monoisotopic (exact) mass is 543 g/mol. The van der Waals surface area contributed by atoms with Gasteiger partial charge in [-0.25, -0.2) is 15.0 Å². The van der Waals surface area contributed by atoms with Crippen LogP contribution in [0.15, 0.2) is 127 Å². The molecule has 1 saturated carbocycles. The number of nitrogens with zero attached hydrogens (tertiary/aromatic N) is 3. The van der Waals surface area contributed by atoms with Crippen molar-refractivity contribution in [1.29, 1.82) is 0 Å². The normalized spacial score (nSPS) is 16.8. The van der Waals surface area contributed by atoms with Crippen molar-refractivity contribution in [2.45, 2.75) is 37.5 Å². The molecule has 3 nitrogen and oxygen atoms in total. The quantitative estimate of drug-likeness (QED) is 0.222. The van der Waals surface area contributed by atoms with Crippen LogP contribution in [0.2, 0.25) is 0 Å². The number of hydrogen-bond acceptors (Lipinski definition) is 3. The molecule has 42 heavy (non-hydrogen) atoms. The minimum atomic E-state index is -1.09. The van der Waals surface area contributed by atoms with Crippen LogP contribution >= 0.6 is 0 Å². The average molecular weight is 544 g/mol. The summed E-state index contributed by atoms with van der Waals surface area (Å²) in [6.07, 6.45) is 1.74. The SMILES string of the molecule is [2H]C1([2H])CCC2(CC1)c1ccccc1-c1ccc(-c3ccc(-c4nc(-c5ccccc5)nc(-c5ccccc5)n4)cc3)cc12. The maximum absolute atomic E-state index is 8.39. The lowest BCUT2D eigenvalue weighted by Gasteiger charge is -2.36. The Balaban J connectivity index is 1.18. The molecule has 6 aromatic rings. The highest BCUT2D eigenvalue weighted by molar-refractivity contribution is 5.84. The van der Waals surface area contributed by atoms with Crippen molar-refractivity contribution >= 4 is 0 Å². The van der Waals surface area contributed by atoms with E-state index in [-0.39, 0.29) is 5.41 Å². The van der Waals surface area contributed by atoms with E-state index in [2.05, 4.69) is 66.7 Å². The fourth-order valence-corrected chi connectivity index (χ4v) is 6.78. The summed E-state index contributed by atoms with van der Waals surface area (Å²) >= 11 is 0. The zero-order valence-electron chi connectivity index (χ0n) is 25.3. The molecule has 8 rings (SSSR count). The molecule has 1 fully saturated rings. The molecule has 0 N–H and O–H groups in total. The van der Waals surface area contributed by atoms with Gasteiger partial charge in [-0.15, -0.1) is 0 Å². The number of hydrogen-bond donors (Lipinski definition) is 0. The molecule has 2 aliphatic carbocycles. The largest absolute Gasteiger partial charge is 0.208 e. The fourth-order valence-electron chi connectivity index (χ4n) is 6.78. The first kappa shape index (κ1) is 22.8. The summed E-state index contributed by atoms with van der Waals surface area (Å²) < 4.78 is 16.8. The number of rotatable bonds is 4.